The lowest BCUT2D eigenvalue weighted by molar-refractivity contribution is -0.119. The Labute approximate surface area is 136 Å². The summed E-state index contributed by atoms with van der Waals surface area (Å²) >= 11 is 1.19. The lowest BCUT2D eigenvalue weighted by atomic mass is 10.0. The predicted molar refractivity (Wildman–Crippen MR) is 81.8 cm³/mol. The van der Waals surface area contributed by atoms with Crippen molar-refractivity contribution in [3.05, 3.63) is 41.2 Å². The van der Waals surface area contributed by atoms with E-state index < -0.39 is 17.7 Å². The number of aromatic amines is 1. The minimum absolute atomic E-state index is 0.122. The van der Waals surface area contributed by atoms with Crippen LogP contribution in [0, 0.1) is 24.5 Å². The lowest BCUT2D eigenvalue weighted by Crippen LogP contribution is -2.32. The molecule has 2 N–H and O–H groups in total. The van der Waals surface area contributed by atoms with Crippen LogP contribution in [0.4, 0.5) is 8.78 Å². The van der Waals surface area contributed by atoms with Crippen LogP contribution < -0.4 is 5.32 Å². The van der Waals surface area contributed by atoms with Crippen LogP contribution in [0.15, 0.2) is 23.4 Å². The lowest BCUT2D eigenvalue weighted by Gasteiger charge is -2.19. The predicted octanol–water partition coefficient (Wildman–Crippen LogP) is 2.75. The number of amides is 1. The molecule has 1 heterocycles. The van der Waals surface area contributed by atoms with Gasteiger partial charge in [0, 0.05) is 5.56 Å². The number of nitrogens with one attached hydrogen (secondary N) is 2. The van der Waals surface area contributed by atoms with Gasteiger partial charge in [-0.2, -0.15) is 0 Å². The maximum Gasteiger partial charge on any atom is 0.230 e. The quantitative estimate of drug-likeness (QED) is 0.795. The third-order valence-corrected chi connectivity index (χ3v) is 4.46. The van der Waals surface area contributed by atoms with Gasteiger partial charge < -0.3 is 5.32 Å². The molecular weight excluding hydrogens is 322 g/mol. The largest absolute Gasteiger partial charge is 0.348 e. The molecule has 0 spiro atoms. The summed E-state index contributed by atoms with van der Waals surface area (Å²) in [7, 11) is 0. The normalized spacial score (nSPS) is 15.4. The highest BCUT2D eigenvalue weighted by atomic mass is 32.2. The van der Waals surface area contributed by atoms with Crippen molar-refractivity contribution < 1.29 is 13.6 Å². The van der Waals surface area contributed by atoms with Crippen molar-refractivity contribution >= 4 is 17.7 Å². The fourth-order valence-corrected chi connectivity index (χ4v) is 3.02. The van der Waals surface area contributed by atoms with Gasteiger partial charge in [-0.3, -0.25) is 9.89 Å². The second-order valence-electron chi connectivity index (χ2n) is 5.54. The monoisotopic (exact) mass is 338 g/mol. The van der Waals surface area contributed by atoms with E-state index in [4.69, 9.17) is 0 Å². The van der Waals surface area contributed by atoms with Crippen molar-refractivity contribution in [1.29, 1.82) is 0 Å². The number of hydrogen-bond acceptors (Lipinski definition) is 4. The van der Waals surface area contributed by atoms with Crippen molar-refractivity contribution in [2.75, 3.05) is 5.75 Å². The number of carbonyl (C=O) groups is 1. The number of aryl methyl sites for hydroxylation is 1. The number of carbonyl (C=O) groups excluding carboxylic acids is 1. The van der Waals surface area contributed by atoms with Crippen molar-refractivity contribution in [3.63, 3.8) is 0 Å². The molecule has 0 bridgehead atoms. The molecule has 1 fully saturated rings. The maximum atomic E-state index is 14.0. The molecule has 1 amide bonds. The topological polar surface area (TPSA) is 70.7 Å². The first kappa shape index (κ1) is 15.9. The van der Waals surface area contributed by atoms with Gasteiger partial charge in [0.05, 0.1) is 11.8 Å². The fraction of sp³-hybridized carbons (Fsp3) is 0.400. The Bertz CT molecular complexity index is 717. The van der Waals surface area contributed by atoms with E-state index in [1.807, 2.05) is 0 Å². The summed E-state index contributed by atoms with van der Waals surface area (Å²) in [5, 5.41) is 9.92. The Morgan fingerprint density at radius 3 is 2.91 bits per heavy atom. The highest BCUT2D eigenvalue weighted by Gasteiger charge is 2.35. The summed E-state index contributed by atoms with van der Waals surface area (Å²) in [4.78, 5) is 16.2. The van der Waals surface area contributed by atoms with Crippen LogP contribution in [0.1, 0.15) is 30.3 Å². The summed E-state index contributed by atoms with van der Waals surface area (Å²) in [6, 6.07) is 2.83. The van der Waals surface area contributed by atoms with Crippen LogP contribution in [-0.4, -0.2) is 26.8 Å². The van der Waals surface area contributed by atoms with Gasteiger partial charge in [0.25, 0.3) is 0 Å². The van der Waals surface area contributed by atoms with E-state index in [-0.39, 0.29) is 23.1 Å². The zero-order chi connectivity index (χ0) is 16.4. The molecule has 122 valence electrons. The number of H-pyrrole nitrogens is 1. The first-order valence-corrected chi connectivity index (χ1v) is 8.27. The number of thioether (sulfide) groups is 1. The van der Waals surface area contributed by atoms with Crippen LogP contribution in [0.3, 0.4) is 0 Å². The fourth-order valence-electron chi connectivity index (χ4n) is 2.36. The molecule has 1 aliphatic rings. The second kappa shape index (κ2) is 6.66. The Balaban J connectivity index is 1.65. The summed E-state index contributed by atoms with van der Waals surface area (Å²) in [6.45, 7) is 1.77. The van der Waals surface area contributed by atoms with Crippen LogP contribution >= 0.6 is 11.8 Å². The van der Waals surface area contributed by atoms with Crippen LogP contribution in [0.2, 0.25) is 0 Å². The van der Waals surface area contributed by atoms with E-state index in [1.54, 1.807) is 6.92 Å². The molecule has 3 rings (SSSR count). The van der Waals surface area contributed by atoms with E-state index in [0.717, 1.165) is 31.0 Å². The van der Waals surface area contributed by atoms with Crippen molar-refractivity contribution in [2.45, 2.75) is 31.0 Å². The molecule has 1 aromatic heterocycles. The molecule has 1 aromatic carbocycles. The first-order chi connectivity index (χ1) is 11.0. The average molecular weight is 338 g/mol. The number of nitrogens with zero attached hydrogens (tertiary/aromatic N) is 2. The van der Waals surface area contributed by atoms with Crippen molar-refractivity contribution in [3.8, 4) is 0 Å². The zero-order valence-corrected chi connectivity index (χ0v) is 13.3. The molecule has 1 aliphatic carbocycles. The first-order valence-electron chi connectivity index (χ1n) is 7.29. The van der Waals surface area contributed by atoms with Gasteiger partial charge in [-0.15, -0.1) is 5.10 Å². The molecule has 1 atom stereocenters. The summed E-state index contributed by atoms with van der Waals surface area (Å²) in [5.41, 5.74) is 0.208. The summed E-state index contributed by atoms with van der Waals surface area (Å²) < 4.78 is 27.4. The van der Waals surface area contributed by atoms with Gasteiger partial charge in [0.2, 0.25) is 11.1 Å². The number of benzene rings is 1. The van der Waals surface area contributed by atoms with Gasteiger partial charge in [-0.05, 0) is 43.9 Å². The van der Waals surface area contributed by atoms with E-state index in [9.17, 15) is 13.6 Å². The van der Waals surface area contributed by atoms with Crippen LogP contribution in [0.5, 0.6) is 0 Å². The minimum Gasteiger partial charge on any atom is -0.348 e. The number of hydrogen-bond donors (Lipinski definition) is 2. The van der Waals surface area contributed by atoms with Gasteiger partial charge in [-0.1, -0.05) is 11.8 Å². The van der Waals surface area contributed by atoms with E-state index in [1.165, 1.54) is 11.8 Å². The smallest absolute Gasteiger partial charge is 0.230 e. The third kappa shape index (κ3) is 4.07. The molecule has 8 heteroatoms. The van der Waals surface area contributed by atoms with E-state index >= 15 is 0 Å². The van der Waals surface area contributed by atoms with Crippen molar-refractivity contribution in [1.82, 2.24) is 20.5 Å². The molecule has 1 unspecified atom stereocenters. The van der Waals surface area contributed by atoms with Crippen LogP contribution in [-0.2, 0) is 4.79 Å². The zero-order valence-electron chi connectivity index (χ0n) is 12.5. The molecule has 1 saturated carbocycles. The average Bonchev–Trinajstić information content (AvgIpc) is 3.27. The van der Waals surface area contributed by atoms with Gasteiger partial charge in [0.1, 0.15) is 17.5 Å². The Morgan fingerprint density at radius 2 is 2.26 bits per heavy atom. The molecular formula is C15H16F2N4OS. The van der Waals surface area contributed by atoms with Gasteiger partial charge >= 0.3 is 0 Å². The molecule has 0 radical (unpaired) electrons. The number of aromatic nitrogens is 3. The Kier molecular flexibility index (Phi) is 4.61. The summed E-state index contributed by atoms with van der Waals surface area (Å²) in [6.07, 6.45) is 1.79. The van der Waals surface area contributed by atoms with E-state index in [2.05, 4.69) is 20.5 Å². The molecule has 5 nitrogen and oxygen atoms in total. The van der Waals surface area contributed by atoms with E-state index in [0.29, 0.717) is 11.0 Å². The number of halogens is 2. The Hall–Kier alpha value is -1.96. The maximum absolute atomic E-state index is 14.0. The van der Waals surface area contributed by atoms with Crippen molar-refractivity contribution in [2.24, 2.45) is 5.92 Å². The van der Waals surface area contributed by atoms with Crippen LogP contribution in [0.25, 0.3) is 0 Å². The Morgan fingerprint density at radius 1 is 1.48 bits per heavy atom. The SMILES string of the molecule is Cc1nc(SCC(=O)NC(c2cc(F)ccc2F)C2CC2)n[nH]1. The highest BCUT2D eigenvalue weighted by Crippen LogP contribution is 2.41. The minimum atomic E-state index is -0.508. The van der Waals surface area contributed by atoms with Gasteiger partial charge in [-0.25, -0.2) is 13.8 Å². The second-order valence-corrected chi connectivity index (χ2v) is 6.48. The standard InChI is InChI=1S/C15H16F2N4OS/c1-8-18-15(21-20-8)23-7-13(22)19-14(9-2-3-9)11-6-10(16)4-5-12(11)17/h4-6,9,14H,2-3,7H2,1H3,(H,19,22)(H,18,20,21). The highest BCUT2D eigenvalue weighted by molar-refractivity contribution is 7.99. The molecule has 0 saturated heterocycles. The van der Waals surface area contributed by atoms with Gasteiger partial charge in [0.15, 0.2) is 0 Å². The molecule has 0 aliphatic heterocycles. The molecule has 23 heavy (non-hydrogen) atoms. The number of rotatable bonds is 6. The summed E-state index contributed by atoms with van der Waals surface area (Å²) in [5.74, 6) is -0.306. The third-order valence-electron chi connectivity index (χ3n) is 3.61. The molecule has 2 aromatic rings.